The van der Waals surface area contributed by atoms with Gasteiger partial charge in [-0.1, -0.05) is 74.5 Å². The van der Waals surface area contributed by atoms with Crippen LogP contribution in [0.1, 0.15) is 37.8 Å². The van der Waals surface area contributed by atoms with Gasteiger partial charge in [-0.05, 0) is 36.3 Å². The summed E-state index contributed by atoms with van der Waals surface area (Å²) in [5.74, 6) is -2.27. The summed E-state index contributed by atoms with van der Waals surface area (Å²) in [6.07, 6.45) is 1.45. The molecule has 0 aliphatic heterocycles. The minimum Gasteiger partial charge on any atom is -0.467 e. The first-order valence-electron chi connectivity index (χ1n) is 12.3. The summed E-state index contributed by atoms with van der Waals surface area (Å²) in [7, 11) is 1.26. The first kappa shape index (κ1) is 29.8. The van der Waals surface area contributed by atoms with Crippen molar-refractivity contribution in [3.63, 3.8) is 0 Å². The highest BCUT2D eigenvalue weighted by molar-refractivity contribution is 6.27. The molecule has 0 aliphatic carbocycles. The van der Waals surface area contributed by atoms with E-state index in [0.29, 0.717) is 19.3 Å². The number of carbonyl (C=O) groups is 4. The molecule has 0 fully saturated rings. The molecule has 3 amide bonds. The smallest absolute Gasteiger partial charge is 0.328 e. The lowest BCUT2D eigenvalue weighted by molar-refractivity contribution is -0.145. The van der Waals surface area contributed by atoms with Crippen molar-refractivity contribution in [2.45, 2.75) is 57.7 Å². The topological polar surface area (TPSA) is 114 Å². The van der Waals surface area contributed by atoms with Crippen molar-refractivity contribution < 1.29 is 23.9 Å². The lowest BCUT2D eigenvalue weighted by Gasteiger charge is -2.26. The number of aryl methyl sites for hydroxylation is 1. The van der Waals surface area contributed by atoms with Crippen LogP contribution in [0.5, 0.6) is 0 Å². The molecule has 0 heterocycles. The van der Waals surface area contributed by atoms with E-state index in [4.69, 9.17) is 16.3 Å². The molecule has 3 N–H and O–H groups in total. The lowest BCUT2D eigenvalue weighted by Crippen LogP contribution is -2.56. The Morgan fingerprint density at radius 2 is 1.32 bits per heavy atom. The van der Waals surface area contributed by atoms with E-state index < -0.39 is 41.8 Å². The van der Waals surface area contributed by atoms with Gasteiger partial charge in [-0.2, -0.15) is 0 Å². The molecular formula is C28H36ClN3O5. The van der Waals surface area contributed by atoms with Gasteiger partial charge in [-0.3, -0.25) is 14.4 Å². The van der Waals surface area contributed by atoms with E-state index in [1.807, 2.05) is 74.5 Å². The molecule has 0 radical (unpaired) electrons. The van der Waals surface area contributed by atoms with Crippen LogP contribution in [-0.4, -0.2) is 54.8 Å². The number of carbonyl (C=O) groups excluding carboxylic acids is 4. The normalized spacial score (nSPS) is 13.2. The molecule has 1 unspecified atom stereocenters. The summed E-state index contributed by atoms with van der Waals surface area (Å²) in [4.78, 5) is 50.9. The van der Waals surface area contributed by atoms with Crippen LogP contribution in [0.4, 0.5) is 0 Å². The average molecular weight is 530 g/mol. The number of ether oxygens (including phenoxy) is 1. The van der Waals surface area contributed by atoms with Crippen LogP contribution in [0.3, 0.4) is 0 Å². The quantitative estimate of drug-likeness (QED) is 0.257. The number of halogens is 1. The minimum atomic E-state index is -0.920. The molecule has 0 bridgehead atoms. The number of alkyl halides is 1. The van der Waals surface area contributed by atoms with E-state index >= 15 is 0 Å². The van der Waals surface area contributed by atoms with Crippen molar-refractivity contribution in [3.8, 4) is 0 Å². The largest absolute Gasteiger partial charge is 0.467 e. The van der Waals surface area contributed by atoms with Gasteiger partial charge in [0.05, 0.1) is 7.11 Å². The monoisotopic (exact) mass is 529 g/mol. The maximum atomic E-state index is 13.3. The second-order valence-electron chi connectivity index (χ2n) is 9.24. The van der Waals surface area contributed by atoms with E-state index in [2.05, 4.69) is 16.0 Å². The predicted octanol–water partition coefficient (Wildman–Crippen LogP) is 2.77. The van der Waals surface area contributed by atoms with E-state index in [0.717, 1.165) is 11.1 Å². The van der Waals surface area contributed by atoms with Crippen molar-refractivity contribution in [2.24, 2.45) is 5.92 Å². The highest BCUT2D eigenvalue weighted by atomic mass is 35.5. The molecule has 200 valence electrons. The van der Waals surface area contributed by atoms with Crippen LogP contribution >= 0.6 is 11.6 Å². The molecule has 2 aromatic rings. The number of rotatable bonds is 14. The van der Waals surface area contributed by atoms with Crippen molar-refractivity contribution in [2.75, 3.05) is 13.0 Å². The second-order valence-corrected chi connectivity index (χ2v) is 9.51. The molecule has 37 heavy (non-hydrogen) atoms. The Labute approximate surface area is 223 Å². The molecule has 8 nitrogen and oxygen atoms in total. The summed E-state index contributed by atoms with van der Waals surface area (Å²) in [6, 6.07) is 16.1. The number of hydrogen-bond acceptors (Lipinski definition) is 5. The van der Waals surface area contributed by atoms with Gasteiger partial charge in [-0.25, -0.2) is 4.79 Å². The third-order valence-corrected chi connectivity index (χ3v) is 6.01. The Kier molecular flexibility index (Phi) is 12.6. The summed E-state index contributed by atoms with van der Waals surface area (Å²) in [5, 5.41) is 8.16. The molecule has 0 saturated carbocycles. The van der Waals surface area contributed by atoms with Gasteiger partial charge in [0.25, 0.3) is 0 Å². The maximum Gasteiger partial charge on any atom is 0.328 e. The van der Waals surface area contributed by atoms with E-state index in [1.54, 1.807) is 0 Å². The van der Waals surface area contributed by atoms with E-state index in [-0.39, 0.29) is 18.2 Å². The van der Waals surface area contributed by atoms with Gasteiger partial charge in [0.15, 0.2) is 0 Å². The summed E-state index contributed by atoms with van der Waals surface area (Å²) in [5.41, 5.74) is 1.87. The Hall–Kier alpha value is -3.39. The van der Waals surface area contributed by atoms with Crippen LogP contribution in [-0.2, 0) is 36.8 Å². The number of benzene rings is 2. The fourth-order valence-corrected chi connectivity index (χ4v) is 3.97. The summed E-state index contributed by atoms with van der Waals surface area (Å²) < 4.78 is 4.89. The third kappa shape index (κ3) is 10.6. The van der Waals surface area contributed by atoms with Crippen molar-refractivity contribution >= 4 is 35.3 Å². The molecule has 0 aromatic heterocycles. The minimum absolute atomic E-state index is 0.0713. The number of nitrogens with one attached hydrogen (secondary N) is 3. The van der Waals surface area contributed by atoms with Crippen molar-refractivity contribution in [1.82, 2.24) is 16.0 Å². The highest BCUT2D eigenvalue weighted by Crippen LogP contribution is 2.11. The van der Waals surface area contributed by atoms with Gasteiger partial charge < -0.3 is 20.7 Å². The van der Waals surface area contributed by atoms with Gasteiger partial charge in [0.2, 0.25) is 17.7 Å². The summed E-state index contributed by atoms with van der Waals surface area (Å²) in [6.45, 7) is 3.85. The Balaban J connectivity index is 2.15. The highest BCUT2D eigenvalue weighted by Gasteiger charge is 2.30. The van der Waals surface area contributed by atoms with Crippen molar-refractivity contribution in [3.05, 3.63) is 71.8 Å². The molecule has 0 aliphatic rings. The number of esters is 1. The molecular weight excluding hydrogens is 494 g/mol. The second kappa shape index (κ2) is 15.7. The lowest BCUT2D eigenvalue weighted by atomic mass is 10.00. The maximum absolute atomic E-state index is 13.3. The summed E-state index contributed by atoms with van der Waals surface area (Å²) >= 11 is 5.66. The number of hydrogen-bond donors (Lipinski definition) is 3. The predicted molar refractivity (Wildman–Crippen MR) is 143 cm³/mol. The van der Waals surface area contributed by atoms with Crippen molar-refractivity contribution in [1.29, 1.82) is 0 Å². The van der Waals surface area contributed by atoms with Gasteiger partial charge in [0, 0.05) is 6.42 Å². The molecule has 2 rings (SSSR count). The molecule has 0 spiro atoms. The Bertz CT molecular complexity index is 1020. The fourth-order valence-electron chi connectivity index (χ4n) is 3.89. The Morgan fingerprint density at radius 3 is 1.86 bits per heavy atom. The van der Waals surface area contributed by atoms with E-state index in [1.165, 1.54) is 7.11 Å². The van der Waals surface area contributed by atoms with Crippen LogP contribution in [0.25, 0.3) is 0 Å². The number of amides is 3. The molecule has 3 atom stereocenters. The van der Waals surface area contributed by atoms with Gasteiger partial charge in [-0.15, -0.1) is 11.6 Å². The van der Waals surface area contributed by atoms with Crippen LogP contribution in [0.2, 0.25) is 0 Å². The molecule has 9 heteroatoms. The third-order valence-electron chi connectivity index (χ3n) is 5.76. The van der Waals surface area contributed by atoms with Crippen LogP contribution < -0.4 is 16.0 Å². The zero-order valence-electron chi connectivity index (χ0n) is 21.5. The average Bonchev–Trinajstić information content (AvgIpc) is 2.90. The van der Waals surface area contributed by atoms with Crippen LogP contribution in [0.15, 0.2) is 60.7 Å². The standard InChI is InChI=1S/C28H36ClN3O5/c1-19(2)16-23(27(35)32-24(28(36)37-3)17-21-12-8-5-9-13-21)31-26(34)22(30-25(33)18-29)15-14-20-10-6-4-7-11-20/h4-13,19,22-24H,14-18H2,1-3H3,(H,30,33)(H,31,34)(H,32,35)/t22-,23?,24-/m0/s1. The number of methoxy groups -OCH3 is 1. The first-order valence-corrected chi connectivity index (χ1v) is 12.9. The van der Waals surface area contributed by atoms with E-state index in [9.17, 15) is 19.2 Å². The molecule has 0 saturated heterocycles. The fraction of sp³-hybridized carbons (Fsp3) is 0.429. The first-order chi connectivity index (χ1) is 17.7. The zero-order chi connectivity index (χ0) is 27.2. The zero-order valence-corrected chi connectivity index (χ0v) is 22.3. The van der Waals surface area contributed by atoms with Gasteiger partial charge in [0.1, 0.15) is 24.0 Å². The SMILES string of the molecule is COC(=O)[C@H](Cc1ccccc1)NC(=O)C(CC(C)C)NC(=O)[C@H](CCc1ccccc1)NC(=O)CCl. The van der Waals surface area contributed by atoms with Gasteiger partial charge >= 0.3 is 5.97 Å². The Morgan fingerprint density at radius 1 is 0.784 bits per heavy atom. The van der Waals surface area contributed by atoms with Crippen LogP contribution in [0, 0.1) is 5.92 Å². The molecule has 2 aromatic carbocycles.